The number of aliphatic carboxylic acids is 1. The first-order chi connectivity index (χ1) is 10.2. The number of thiazole rings is 1. The lowest BCUT2D eigenvalue weighted by Gasteiger charge is -1.94. The second kappa shape index (κ2) is 7.58. The number of aromatic nitrogens is 2. The number of rotatable bonds is 8. The Bertz CT molecular complexity index is 619. The number of anilines is 1. The summed E-state index contributed by atoms with van der Waals surface area (Å²) in [6.45, 7) is 1.99. The molecule has 21 heavy (non-hydrogen) atoms. The van der Waals surface area contributed by atoms with Crippen LogP contribution in [0.25, 0.3) is 12.2 Å². The van der Waals surface area contributed by atoms with E-state index in [2.05, 4.69) is 22.2 Å². The average Bonchev–Trinajstić information content (AvgIpc) is 3.10. The summed E-state index contributed by atoms with van der Waals surface area (Å²) in [7, 11) is 0. The molecule has 6 nitrogen and oxygen atoms in total. The number of nitrogens with zero attached hydrogens (tertiary/aromatic N) is 2. The SMILES string of the molecule is CCCCc1cnc(C=Cc2cnc(NCC(=O)O)s2)o1. The monoisotopic (exact) mass is 307 g/mol. The van der Waals surface area contributed by atoms with E-state index >= 15 is 0 Å². The number of aryl methyl sites for hydroxylation is 1. The van der Waals surface area contributed by atoms with Gasteiger partial charge in [-0.1, -0.05) is 24.7 Å². The van der Waals surface area contributed by atoms with Gasteiger partial charge in [0.15, 0.2) is 5.13 Å². The molecule has 7 heteroatoms. The second-order valence-electron chi connectivity index (χ2n) is 4.42. The van der Waals surface area contributed by atoms with Crippen LogP contribution in [0.2, 0.25) is 0 Å². The highest BCUT2D eigenvalue weighted by Crippen LogP contribution is 2.20. The van der Waals surface area contributed by atoms with Gasteiger partial charge < -0.3 is 14.8 Å². The minimum atomic E-state index is -0.915. The van der Waals surface area contributed by atoms with Gasteiger partial charge in [-0.3, -0.25) is 4.79 Å². The third-order valence-corrected chi connectivity index (χ3v) is 3.57. The van der Waals surface area contributed by atoms with Crippen LogP contribution in [0, 0.1) is 0 Å². The molecular weight excluding hydrogens is 290 g/mol. The van der Waals surface area contributed by atoms with Crippen LogP contribution in [0.3, 0.4) is 0 Å². The minimum Gasteiger partial charge on any atom is -0.480 e. The largest absolute Gasteiger partial charge is 0.480 e. The van der Waals surface area contributed by atoms with Crippen molar-refractivity contribution in [3.05, 3.63) is 28.9 Å². The molecule has 2 aromatic rings. The van der Waals surface area contributed by atoms with Crippen LogP contribution in [-0.4, -0.2) is 27.6 Å². The van der Waals surface area contributed by atoms with Gasteiger partial charge in [0.05, 0.1) is 6.20 Å². The predicted molar refractivity (Wildman–Crippen MR) is 82.3 cm³/mol. The second-order valence-corrected chi connectivity index (χ2v) is 5.48. The van der Waals surface area contributed by atoms with E-state index in [0.717, 1.165) is 29.9 Å². The predicted octanol–water partition coefficient (Wildman–Crippen LogP) is 3.14. The van der Waals surface area contributed by atoms with E-state index in [-0.39, 0.29) is 6.54 Å². The third kappa shape index (κ3) is 5.03. The van der Waals surface area contributed by atoms with Crippen LogP contribution in [0.1, 0.15) is 36.3 Å². The summed E-state index contributed by atoms with van der Waals surface area (Å²) < 4.78 is 5.59. The zero-order valence-corrected chi connectivity index (χ0v) is 12.5. The first-order valence-corrected chi connectivity index (χ1v) is 7.53. The van der Waals surface area contributed by atoms with Crippen molar-refractivity contribution in [1.29, 1.82) is 0 Å². The lowest BCUT2D eigenvalue weighted by atomic mass is 10.2. The number of carbonyl (C=O) groups is 1. The smallest absolute Gasteiger partial charge is 0.322 e. The normalized spacial score (nSPS) is 11.1. The molecule has 0 unspecified atom stereocenters. The highest BCUT2D eigenvalue weighted by molar-refractivity contribution is 7.16. The van der Waals surface area contributed by atoms with Crippen molar-refractivity contribution in [1.82, 2.24) is 9.97 Å². The molecule has 112 valence electrons. The average molecular weight is 307 g/mol. The number of carboxylic acid groups (broad SMARTS) is 1. The van der Waals surface area contributed by atoms with E-state index in [0.29, 0.717) is 11.0 Å². The summed E-state index contributed by atoms with van der Waals surface area (Å²) in [5, 5.41) is 11.9. The van der Waals surface area contributed by atoms with Gasteiger partial charge in [0.1, 0.15) is 12.3 Å². The Hall–Kier alpha value is -2.15. The van der Waals surface area contributed by atoms with Crippen LogP contribution in [-0.2, 0) is 11.2 Å². The molecule has 0 amide bonds. The Morgan fingerprint density at radius 2 is 2.29 bits per heavy atom. The molecular formula is C14H17N3O3S. The minimum absolute atomic E-state index is 0.142. The number of unbranched alkanes of at least 4 members (excludes halogenated alkanes) is 1. The summed E-state index contributed by atoms with van der Waals surface area (Å²) in [6.07, 6.45) is 10.2. The molecule has 0 saturated heterocycles. The number of nitrogens with one attached hydrogen (secondary N) is 1. The Morgan fingerprint density at radius 3 is 3.05 bits per heavy atom. The van der Waals surface area contributed by atoms with Crippen molar-refractivity contribution >= 4 is 34.6 Å². The van der Waals surface area contributed by atoms with Crippen LogP contribution in [0.15, 0.2) is 16.8 Å². The van der Waals surface area contributed by atoms with Crippen molar-refractivity contribution in [2.45, 2.75) is 26.2 Å². The van der Waals surface area contributed by atoms with E-state index < -0.39 is 5.97 Å². The van der Waals surface area contributed by atoms with Gasteiger partial charge in [-0.15, -0.1) is 0 Å². The van der Waals surface area contributed by atoms with Gasteiger partial charge in [0.2, 0.25) is 5.89 Å². The molecule has 2 rings (SSSR count). The molecule has 2 heterocycles. The van der Waals surface area contributed by atoms with Gasteiger partial charge in [0.25, 0.3) is 0 Å². The van der Waals surface area contributed by atoms with Gasteiger partial charge in [-0.25, -0.2) is 9.97 Å². The topological polar surface area (TPSA) is 88.2 Å². The van der Waals surface area contributed by atoms with E-state index in [1.54, 1.807) is 18.5 Å². The van der Waals surface area contributed by atoms with Crippen LogP contribution in [0.5, 0.6) is 0 Å². The van der Waals surface area contributed by atoms with Gasteiger partial charge >= 0.3 is 5.97 Å². The van der Waals surface area contributed by atoms with Crippen molar-refractivity contribution in [2.24, 2.45) is 0 Å². The lowest BCUT2D eigenvalue weighted by molar-refractivity contribution is -0.134. The van der Waals surface area contributed by atoms with Crippen LogP contribution < -0.4 is 5.32 Å². The summed E-state index contributed by atoms with van der Waals surface area (Å²) in [6, 6.07) is 0. The molecule has 0 aliphatic rings. The summed E-state index contributed by atoms with van der Waals surface area (Å²) in [5.74, 6) is 0.542. The highest BCUT2D eigenvalue weighted by Gasteiger charge is 2.03. The highest BCUT2D eigenvalue weighted by atomic mass is 32.1. The first-order valence-electron chi connectivity index (χ1n) is 6.71. The van der Waals surface area contributed by atoms with Crippen LogP contribution >= 0.6 is 11.3 Å². The fraction of sp³-hybridized carbons (Fsp3) is 0.357. The maximum Gasteiger partial charge on any atom is 0.322 e. The van der Waals surface area contributed by atoms with Crippen molar-refractivity contribution < 1.29 is 14.3 Å². The zero-order chi connectivity index (χ0) is 15.1. The van der Waals surface area contributed by atoms with E-state index in [1.165, 1.54) is 11.3 Å². The number of hydrogen-bond acceptors (Lipinski definition) is 6. The molecule has 0 fully saturated rings. The van der Waals surface area contributed by atoms with E-state index in [4.69, 9.17) is 9.52 Å². The fourth-order valence-corrected chi connectivity index (χ4v) is 2.33. The van der Waals surface area contributed by atoms with Gasteiger partial charge in [0, 0.05) is 23.6 Å². The molecule has 0 spiro atoms. The molecule has 0 aliphatic carbocycles. The van der Waals surface area contributed by atoms with Crippen molar-refractivity contribution in [3.63, 3.8) is 0 Å². The maximum atomic E-state index is 10.4. The van der Waals surface area contributed by atoms with E-state index in [9.17, 15) is 4.79 Å². The fourth-order valence-electron chi connectivity index (χ4n) is 1.62. The molecule has 0 bridgehead atoms. The molecule has 0 saturated carbocycles. The van der Waals surface area contributed by atoms with Gasteiger partial charge in [-0.05, 0) is 12.5 Å². The Balaban J connectivity index is 1.91. The number of hydrogen-bond donors (Lipinski definition) is 2. The lowest BCUT2D eigenvalue weighted by Crippen LogP contribution is -2.11. The molecule has 0 aromatic carbocycles. The maximum absolute atomic E-state index is 10.4. The quantitative estimate of drug-likeness (QED) is 0.779. The number of carboxylic acids is 1. The Kier molecular flexibility index (Phi) is 5.51. The van der Waals surface area contributed by atoms with Crippen molar-refractivity contribution in [3.8, 4) is 0 Å². The molecule has 2 aromatic heterocycles. The Labute approximate surface area is 126 Å². The van der Waals surface area contributed by atoms with Crippen LogP contribution in [0.4, 0.5) is 5.13 Å². The molecule has 0 aliphatic heterocycles. The molecule has 0 radical (unpaired) electrons. The summed E-state index contributed by atoms with van der Waals surface area (Å²) in [5.41, 5.74) is 0. The number of oxazole rings is 1. The summed E-state index contributed by atoms with van der Waals surface area (Å²) in [4.78, 5) is 19.6. The van der Waals surface area contributed by atoms with Gasteiger partial charge in [-0.2, -0.15) is 0 Å². The Morgan fingerprint density at radius 1 is 1.43 bits per heavy atom. The zero-order valence-electron chi connectivity index (χ0n) is 11.7. The third-order valence-electron chi connectivity index (χ3n) is 2.65. The first kappa shape index (κ1) is 15.2. The molecule has 2 N–H and O–H groups in total. The van der Waals surface area contributed by atoms with E-state index in [1.807, 2.05) is 6.08 Å². The standard InChI is InChI=1S/C14H17N3O3S/c1-2-3-4-10-7-15-12(20-10)6-5-11-8-16-14(21-11)17-9-13(18)19/h5-8H,2-4,9H2,1H3,(H,16,17)(H,18,19). The summed E-state index contributed by atoms with van der Waals surface area (Å²) >= 11 is 1.37. The molecule has 0 atom stereocenters. The van der Waals surface area contributed by atoms with Crippen molar-refractivity contribution in [2.75, 3.05) is 11.9 Å².